The number of rotatable bonds is 5. The zero-order chi connectivity index (χ0) is 12.0. The van der Waals surface area contributed by atoms with Gasteiger partial charge in [0.2, 0.25) is 5.91 Å². The van der Waals surface area contributed by atoms with Crippen LogP contribution in [0.4, 0.5) is 4.79 Å². The van der Waals surface area contributed by atoms with Crippen molar-refractivity contribution in [3.05, 3.63) is 0 Å². The zero-order valence-electron chi connectivity index (χ0n) is 10.1. The summed E-state index contributed by atoms with van der Waals surface area (Å²) < 4.78 is 0. The van der Waals surface area contributed by atoms with Crippen molar-refractivity contribution in [3.63, 3.8) is 0 Å². The van der Waals surface area contributed by atoms with Gasteiger partial charge in [0.25, 0.3) is 0 Å². The molecule has 0 bridgehead atoms. The quantitative estimate of drug-likeness (QED) is 0.726. The molecule has 0 spiro atoms. The average molecular weight is 227 g/mol. The van der Waals surface area contributed by atoms with Gasteiger partial charge in [0.15, 0.2) is 0 Å². The van der Waals surface area contributed by atoms with Crippen LogP contribution in [0.2, 0.25) is 0 Å². The molecule has 0 unspecified atom stereocenters. The fourth-order valence-corrected chi connectivity index (χ4v) is 1.63. The first-order valence-corrected chi connectivity index (χ1v) is 5.99. The molecule has 0 aromatic carbocycles. The van der Waals surface area contributed by atoms with Crippen LogP contribution in [0.15, 0.2) is 0 Å². The predicted octanol–water partition coefficient (Wildman–Crippen LogP) is 0.706. The van der Waals surface area contributed by atoms with Crippen LogP contribution in [0.3, 0.4) is 0 Å². The topological polar surface area (TPSA) is 61.4 Å². The van der Waals surface area contributed by atoms with Crippen LogP contribution in [0.5, 0.6) is 0 Å². The molecule has 92 valence electrons. The minimum Gasteiger partial charge on any atom is -0.342 e. The molecule has 16 heavy (non-hydrogen) atoms. The van der Waals surface area contributed by atoms with E-state index in [1.54, 1.807) is 4.90 Å². The van der Waals surface area contributed by atoms with Crippen LogP contribution in [0.1, 0.15) is 33.1 Å². The van der Waals surface area contributed by atoms with Crippen molar-refractivity contribution in [2.75, 3.05) is 19.6 Å². The van der Waals surface area contributed by atoms with Crippen LogP contribution in [-0.2, 0) is 4.79 Å². The van der Waals surface area contributed by atoms with E-state index in [0.717, 1.165) is 12.8 Å². The Labute approximate surface area is 96.6 Å². The van der Waals surface area contributed by atoms with E-state index in [-0.39, 0.29) is 18.5 Å². The maximum atomic E-state index is 11.6. The molecule has 1 aliphatic carbocycles. The van der Waals surface area contributed by atoms with E-state index >= 15 is 0 Å². The van der Waals surface area contributed by atoms with Crippen LogP contribution in [0, 0.1) is 0 Å². The second kappa shape index (κ2) is 6.35. The number of hydrogen-bond acceptors (Lipinski definition) is 2. The number of amides is 3. The Morgan fingerprint density at radius 1 is 1.25 bits per heavy atom. The van der Waals surface area contributed by atoms with E-state index in [1.165, 1.54) is 6.42 Å². The summed E-state index contributed by atoms with van der Waals surface area (Å²) in [6.45, 7) is 5.30. The highest BCUT2D eigenvalue weighted by atomic mass is 16.2. The first kappa shape index (κ1) is 12.8. The number of nitrogens with one attached hydrogen (secondary N) is 2. The maximum Gasteiger partial charge on any atom is 0.315 e. The van der Waals surface area contributed by atoms with E-state index in [0.29, 0.717) is 19.1 Å². The summed E-state index contributed by atoms with van der Waals surface area (Å²) in [5.74, 6) is -0.0336. The van der Waals surface area contributed by atoms with Gasteiger partial charge in [-0.1, -0.05) is 0 Å². The lowest BCUT2D eigenvalue weighted by molar-refractivity contribution is -0.129. The van der Waals surface area contributed by atoms with Gasteiger partial charge in [-0.05, 0) is 33.1 Å². The molecule has 0 saturated heterocycles. The van der Waals surface area contributed by atoms with Crippen molar-refractivity contribution >= 4 is 11.9 Å². The third-order valence-corrected chi connectivity index (χ3v) is 2.96. The lowest BCUT2D eigenvalue weighted by Gasteiger charge is -2.26. The molecule has 3 amide bonds. The van der Waals surface area contributed by atoms with Crippen molar-refractivity contribution in [2.45, 2.75) is 39.2 Å². The summed E-state index contributed by atoms with van der Waals surface area (Å²) in [6, 6.07) is 0.0776. The lowest BCUT2D eigenvalue weighted by Crippen LogP contribution is -2.48. The molecule has 1 saturated carbocycles. The highest BCUT2D eigenvalue weighted by molar-refractivity contribution is 5.84. The van der Waals surface area contributed by atoms with Gasteiger partial charge >= 0.3 is 6.03 Å². The molecular weight excluding hydrogens is 206 g/mol. The van der Waals surface area contributed by atoms with Crippen molar-refractivity contribution < 1.29 is 9.59 Å². The van der Waals surface area contributed by atoms with E-state index < -0.39 is 0 Å². The Balaban J connectivity index is 2.16. The molecule has 2 N–H and O–H groups in total. The summed E-state index contributed by atoms with van der Waals surface area (Å²) >= 11 is 0. The highest BCUT2D eigenvalue weighted by Crippen LogP contribution is 2.17. The largest absolute Gasteiger partial charge is 0.342 e. The van der Waals surface area contributed by atoms with Crippen LogP contribution >= 0.6 is 0 Å². The first-order valence-electron chi connectivity index (χ1n) is 5.99. The number of nitrogens with zero attached hydrogens (tertiary/aromatic N) is 1. The van der Waals surface area contributed by atoms with Crippen LogP contribution in [0.25, 0.3) is 0 Å². The Bertz CT molecular complexity index is 248. The third-order valence-electron chi connectivity index (χ3n) is 2.96. The SMILES string of the molecule is CCN(CC)C(=O)CNC(=O)NC1CCC1. The molecule has 5 heteroatoms. The first-order chi connectivity index (χ1) is 7.67. The van der Waals surface area contributed by atoms with Gasteiger partial charge in [-0.3, -0.25) is 4.79 Å². The molecule has 0 aromatic rings. The molecule has 1 fully saturated rings. The molecule has 1 aliphatic rings. The monoisotopic (exact) mass is 227 g/mol. The molecule has 0 atom stereocenters. The fraction of sp³-hybridized carbons (Fsp3) is 0.818. The van der Waals surface area contributed by atoms with Gasteiger partial charge < -0.3 is 15.5 Å². The number of hydrogen-bond donors (Lipinski definition) is 2. The summed E-state index contributed by atoms with van der Waals surface area (Å²) in [7, 11) is 0. The standard InChI is InChI=1S/C11H21N3O2/c1-3-14(4-2)10(15)8-12-11(16)13-9-6-5-7-9/h9H,3-8H2,1-2H3,(H2,12,13,16). The predicted molar refractivity (Wildman–Crippen MR) is 62.1 cm³/mol. The Kier molecular flexibility index (Phi) is 5.08. The molecule has 0 heterocycles. The van der Waals surface area contributed by atoms with E-state index in [1.807, 2.05) is 13.8 Å². The van der Waals surface area contributed by atoms with E-state index in [9.17, 15) is 9.59 Å². The van der Waals surface area contributed by atoms with Crippen molar-refractivity contribution in [3.8, 4) is 0 Å². The van der Waals surface area contributed by atoms with Crippen molar-refractivity contribution in [2.24, 2.45) is 0 Å². The van der Waals surface area contributed by atoms with Crippen molar-refractivity contribution in [1.29, 1.82) is 0 Å². The molecule has 0 radical (unpaired) electrons. The van der Waals surface area contributed by atoms with Gasteiger partial charge in [-0.25, -0.2) is 4.79 Å². The van der Waals surface area contributed by atoms with E-state index in [4.69, 9.17) is 0 Å². The molecule has 5 nitrogen and oxygen atoms in total. The van der Waals surface area contributed by atoms with Gasteiger partial charge in [-0.15, -0.1) is 0 Å². The summed E-state index contributed by atoms with van der Waals surface area (Å²) in [5, 5.41) is 5.42. The lowest BCUT2D eigenvalue weighted by atomic mass is 9.93. The molecule has 0 aliphatic heterocycles. The normalized spacial score (nSPS) is 15.1. The second-order valence-electron chi connectivity index (χ2n) is 4.02. The van der Waals surface area contributed by atoms with Gasteiger partial charge in [0, 0.05) is 19.1 Å². The Morgan fingerprint density at radius 2 is 1.88 bits per heavy atom. The fourth-order valence-electron chi connectivity index (χ4n) is 1.63. The summed E-state index contributed by atoms with van der Waals surface area (Å²) in [4.78, 5) is 24.6. The second-order valence-corrected chi connectivity index (χ2v) is 4.02. The molecule has 0 aromatic heterocycles. The number of carbonyl (C=O) groups is 2. The molecular formula is C11H21N3O2. The van der Waals surface area contributed by atoms with E-state index in [2.05, 4.69) is 10.6 Å². The van der Waals surface area contributed by atoms with Gasteiger partial charge in [0.1, 0.15) is 0 Å². The smallest absolute Gasteiger partial charge is 0.315 e. The Morgan fingerprint density at radius 3 is 2.31 bits per heavy atom. The third kappa shape index (κ3) is 3.72. The summed E-state index contributed by atoms with van der Waals surface area (Å²) in [6.07, 6.45) is 3.29. The number of urea groups is 1. The zero-order valence-corrected chi connectivity index (χ0v) is 10.1. The minimum absolute atomic E-state index is 0.0336. The number of likely N-dealkylation sites (N-methyl/N-ethyl adjacent to an activating group) is 1. The van der Waals surface area contributed by atoms with Gasteiger partial charge in [-0.2, -0.15) is 0 Å². The maximum absolute atomic E-state index is 11.6. The van der Waals surface area contributed by atoms with Gasteiger partial charge in [0.05, 0.1) is 6.54 Å². The van der Waals surface area contributed by atoms with Crippen LogP contribution in [-0.4, -0.2) is 42.5 Å². The Hall–Kier alpha value is -1.26. The van der Waals surface area contributed by atoms with Crippen LogP contribution < -0.4 is 10.6 Å². The van der Waals surface area contributed by atoms with Crippen molar-refractivity contribution in [1.82, 2.24) is 15.5 Å². The average Bonchev–Trinajstić information content (AvgIpc) is 2.22. The summed E-state index contributed by atoms with van der Waals surface area (Å²) in [5.41, 5.74) is 0. The highest BCUT2D eigenvalue weighted by Gasteiger charge is 2.19. The molecule has 1 rings (SSSR count). The minimum atomic E-state index is -0.231. The number of carbonyl (C=O) groups excluding carboxylic acids is 2.